The molecule has 0 bridgehead atoms. The Morgan fingerprint density at radius 3 is 2.65 bits per heavy atom. The van der Waals surface area contributed by atoms with Crippen LogP contribution < -0.4 is 0 Å². The summed E-state index contributed by atoms with van der Waals surface area (Å²) in [5, 5.41) is 8.94. The maximum absolute atomic E-state index is 11.9. The number of carbonyl (C=O) groups is 2. The van der Waals surface area contributed by atoms with Crippen LogP contribution in [0.1, 0.15) is 17.5 Å². The number of amides is 1. The van der Waals surface area contributed by atoms with Gasteiger partial charge in [0.1, 0.15) is 0 Å². The number of likely N-dealkylation sites (N-methyl/N-ethyl adjacent to an activating group) is 1. The first kappa shape index (κ1) is 14.5. The van der Waals surface area contributed by atoms with Crippen molar-refractivity contribution in [2.24, 2.45) is 0 Å². The highest BCUT2D eigenvalue weighted by atomic mass is 16.4. The number of rotatable bonds is 4. The van der Waals surface area contributed by atoms with Gasteiger partial charge >= 0.3 is 5.97 Å². The molecule has 1 aliphatic heterocycles. The summed E-state index contributed by atoms with van der Waals surface area (Å²) in [6.07, 6.45) is 0.973. The lowest BCUT2D eigenvalue weighted by Gasteiger charge is -2.20. The fourth-order valence-electron chi connectivity index (χ4n) is 2.47. The van der Waals surface area contributed by atoms with Crippen LogP contribution in [0.3, 0.4) is 0 Å². The van der Waals surface area contributed by atoms with E-state index in [0.29, 0.717) is 13.1 Å². The maximum Gasteiger partial charge on any atom is 0.307 e. The Morgan fingerprint density at radius 1 is 1.25 bits per heavy atom. The number of hydrogen-bond acceptors (Lipinski definition) is 3. The summed E-state index contributed by atoms with van der Waals surface area (Å²) in [4.78, 5) is 26.6. The average Bonchev–Trinajstić information content (AvgIpc) is 2.54. The summed E-state index contributed by atoms with van der Waals surface area (Å²) in [7, 11) is 1.82. The molecule has 1 aliphatic rings. The van der Waals surface area contributed by atoms with Crippen molar-refractivity contribution in [1.82, 2.24) is 9.80 Å². The van der Waals surface area contributed by atoms with Crippen LogP contribution in [-0.2, 0) is 22.6 Å². The highest BCUT2D eigenvalue weighted by Gasteiger charge is 2.19. The smallest absolute Gasteiger partial charge is 0.307 e. The summed E-state index contributed by atoms with van der Waals surface area (Å²) in [6.45, 7) is 2.67. The zero-order valence-corrected chi connectivity index (χ0v) is 11.7. The van der Waals surface area contributed by atoms with Crippen LogP contribution >= 0.6 is 0 Å². The number of aliphatic carboxylic acids is 1. The highest BCUT2D eigenvalue weighted by Crippen LogP contribution is 2.14. The number of carboxylic acids is 1. The molecule has 2 rings (SSSR count). The van der Waals surface area contributed by atoms with Gasteiger partial charge < -0.3 is 10.0 Å². The van der Waals surface area contributed by atoms with Crippen LogP contribution in [0.2, 0.25) is 0 Å². The Bertz CT molecular complexity index is 502. The van der Waals surface area contributed by atoms with Gasteiger partial charge in [-0.05, 0) is 17.5 Å². The molecule has 1 aromatic rings. The number of carbonyl (C=O) groups excluding carboxylic acids is 1. The second kappa shape index (κ2) is 6.52. The zero-order valence-electron chi connectivity index (χ0n) is 11.7. The minimum atomic E-state index is -0.830. The van der Waals surface area contributed by atoms with E-state index in [1.807, 2.05) is 31.3 Å². The van der Waals surface area contributed by atoms with Gasteiger partial charge in [-0.3, -0.25) is 14.5 Å². The van der Waals surface area contributed by atoms with Crippen LogP contribution in [0.25, 0.3) is 0 Å². The van der Waals surface area contributed by atoms with E-state index in [0.717, 1.165) is 30.6 Å². The molecular weight excluding hydrogens is 256 g/mol. The zero-order chi connectivity index (χ0) is 14.5. The molecule has 0 unspecified atom stereocenters. The Kier molecular flexibility index (Phi) is 4.74. The van der Waals surface area contributed by atoms with E-state index in [-0.39, 0.29) is 12.3 Å². The lowest BCUT2D eigenvalue weighted by Crippen LogP contribution is -2.34. The summed E-state index contributed by atoms with van der Waals surface area (Å²) >= 11 is 0. The monoisotopic (exact) mass is 276 g/mol. The van der Waals surface area contributed by atoms with Gasteiger partial charge in [0.25, 0.3) is 0 Å². The van der Waals surface area contributed by atoms with Crippen LogP contribution in [-0.4, -0.2) is 53.5 Å². The summed E-state index contributed by atoms with van der Waals surface area (Å²) in [6, 6.07) is 7.54. The number of carboxylic acid groups (broad SMARTS) is 1. The molecule has 20 heavy (non-hydrogen) atoms. The minimum Gasteiger partial charge on any atom is -0.481 e. The van der Waals surface area contributed by atoms with E-state index in [2.05, 4.69) is 4.90 Å². The predicted molar refractivity (Wildman–Crippen MR) is 75.3 cm³/mol. The standard InChI is InChI=1S/C15H20N2O3/c1-16-7-4-8-17(11-14(16)18)10-13-6-3-2-5-12(13)9-15(19)20/h2-3,5-6H,4,7-11H2,1H3,(H,19,20). The quantitative estimate of drug-likeness (QED) is 0.890. The third-order valence-electron chi connectivity index (χ3n) is 3.61. The normalized spacial score (nSPS) is 17.1. The Hall–Kier alpha value is -1.88. The van der Waals surface area contributed by atoms with Gasteiger partial charge in [0, 0.05) is 26.7 Å². The van der Waals surface area contributed by atoms with E-state index in [9.17, 15) is 9.59 Å². The first-order chi connectivity index (χ1) is 9.56. The number of benzene rings is 1. The van der Waals surface area contributed by atoms with Gasteiger partial charge in [-0.25, -0.2) is 0 Å². The molecule has 5 nitrogen and oxygen atoms in total. The molecule has 1 aromatic carbocycles. The lowest BCUT2D eigenvalue weighted by molar-refractivity contribution is -0.136. The summed E-state index contributed by atoms with van der Waals surface area (Å²) in [5.74, 6) is -0.706. The van der Waals surface area contributed by atoms with E-state index in [1.165, 1.54) is 0 Å². The Labute approximate surface area is 118 Å². The van der Waals surface area contributed by atoms with Crippen molar-refractivity contribution in [3.05, 3.63) is 35.4 Å². The minimum absolute atomic E-state index is 0.0257. The van der Waals surface area contributed by atoms with E-state index >= 15 is 0 Å². The predicted octanol–water partition coefficient (Wildman–Crippen LogP) is 0.978. The molecule has 0 aliphatic carbocycles. The van der Waals surface area contributed by atoms with Gasteiger partial charge in [-0.1, -0.05) is 24.3 Å². The molecule has 0 spiro atoms. The molecule has 1 N–H and O–H groups in total. The molecule has 5 heteroatoms. The third-order valence-corrected chi connectivity index (χ3v) is 3.61. The van der Waals surface area contributed by atoms with E-state index in [4.69, 9.17) is 5.11 Å². The van der Waals surface area contributed by atoms with Gasteiger partial charge in [0.05, 0.1) is 13.0 Å². The summed E-state index contributed by atoms with van der Waals surface area (Å²) < 4.78 is 0. The second-order valence-electron chi connectivity index (χ2n) is 5.22. The molecule has 108 valence electrons. The molecule has 1 heterocycles. The fourth-order valence-corrected chi connectivity index (χ4v) is 2.47. The first-order valence-electron chi connectivity index (χ1n) is 6.81. The number of nitrogens with zero attached hydrogens (tertiary/aromatic N) is 2. The largest absolute Gasteiger partial charge is 0.481 e. The van der Waals surface area contributed by atoms with Gasteiger partial charge in [-0.15, -0.1) is 0 Å². The van der Waals surface area contributed by atoms with Crippen LogP contribution in [0.4, 0.5) is 0 Å². The Morgan fingerprint density at radius 2 is 1.95 bits per heavy atom. The van der Waals surface area contributed by atoms with Crippen molar-refractivity contribution < 1.29 is 14.7 Å². The molecule has 0 aromatic heterocycles. The molecular formula is C15H20N2O3. The molecule has 0 atom stereocenters. The van der Waals surface area contributed by atoms with Crippen LogP contribution in [0, 0.1) is 0 Å². The van der Waals surface area contributed by atoms with Gasteiger partial charge in [0.2, 0.25) is 5.91 Å². The van der Waals surface area contributed by atoms with Crippen molar-refractivity contribution in [3.8, 4) is 0 Å². The van der Waals surface area contributed by atoms with Crippen molar-refractivity contribution in [2.45, 2.75) is 19.4 Å². The van der Waals surface area contributed by atoms with Crippen molar-refractivity contribution in [3.63, 3.8) is 0 Å². The molecule has 1 saturated heterocycles. The van der Waals surface area contributed by atoms with Crippen LogP contribution in [0.5, 0.6) is 0 Å². The van der Waals surface area contributed by atoms with Crippen molar-refractivity contribution in [2.75, 3.05) is 26.7 Å². The SMILES string of the molecule is CN1CCCN(Cc2ccccc2CC(=O)O)CC1=O. The number of hydrogen-bond donors (Lipinski definition) is 1. The molecule has 1 amide bonds. The fraction of sp³-hybridized carbons (Fsp3) is 0.467. The van der Waals surface area contributed by atoms with E-state index < -0.39 is 5.97 Å². The topological polar surface area (TPSA) is 60.9 Å². The molecule has 0 saturated carbocycles. The average molecular weight is 276 g/mol. The van der Waals surface area contributed by atoms with Gasteiger partial charge in [0.15, 0.2) is 0 Å². The lowest BCUT2D eigenvalue weighted by atomic mass is 10.0. The van der Waals surface area contributed by atoms with E-state index in [1.54, 1.807) is 4.90 Å². The van der Waals surface area contributed by atoms with Crippen molar-refractivity contribution >= 4 is 11.9 Å². The molecule has 1 fully saturated rings. The maximum atomic E-state index is 11.9. The highest BCUT2D eigenvalue weighted by molar-refractivity contribution is 5.78. The van der Waals surface area contributed by atoms with Crippen molar-refractivity contribution in [1.29, 1.82) is 0 Å². The van der Waals surface area contributed by atoms with Crippen LogP contribution in [0.15, 0.2) is 24.3 Å². The molecule has 0 radical (unpaired) electrons. The van der Waals surface area contributed by atoms with Gasteiger partial charge in [-0.2, -0.15) is 0 Å². The third kappa shape index (κ3) is 3.81. The first-order valence-corrected chi connectivity index (χ1v) is 6.81. The Balaban J connectivity index is 2.09. The summed E-state index contributed by atoms with van der Waals surface area (Å²) in [5.41, 5.74) is 1.82. The second-order valence-corrected chi connectivity index (χ2v) is 5.22.